The summed E-state index contributed by atoms with van der Waals surface area (Å²) in [5.41, 5.74) is 4.88. The van der Waals surface area contributed by atoms with Crippen LogP contribution >= 0.6 is 0 Å². The number of nitrogens with one attached hydrogen (secondary N) is 2. The van der Waals surface area contributed by atoms with Gasteiger partial charge in [-0.1, -0.05) is 48.5 Å². The van der Waals surface area contributed by atoms with Gasteiger partial charge in [-0.15, -0.1) is 0 Å². The Hall–Kier alpha value is -3.48. The van der Waals surface area contributed by atoms with Gasteiger partial charge < -0.3 is 15.4 Å². The molecular weight excluding hydrogens is 426 g/mol. The van der Waals surface area contributed by atoms with Crippen molar-refractivity contribution in [3.63, 3.8) is 0 Å². The summed E-state index contributed by atoms with van der Waals surface area (Å²) in [6.45, 7) is 7.94. The molecule has 6 nitrogen and oxygen atoms in total. The third kappa shape index (κ3) is 6.31. The Morgan fingerprint density at radius 2 is 1.74 bits per heavy atom. The van der Waals surface area contributed by atoms with Gasteiger partial charge in [-0.3, -0.25) is 14.5 Å². The summed E-state index contributed by atoms with van der Waals surface area (Å²) in [6, 6.07) is 22.7. The molecule has 2 N–H and O–H groups in total. The third-order valence-corrected chi connectivity index (χ3v) is 5.96. The quantitative estimate of drug-likeness (QED) is 0.552. The van der Waals surface area contributed by atoms with Crippen LogP contribution in [0.3, 0.4) is 0 Å². The first-order chi connectivity index (χ1) is 16.5. The number of anilines is 1. The van der Waals surface area contributed by atoms with Gasteiger partial charge in [0.2, 0.25) is 0 Å². The van der Waals surface area contributed by atoms with Crippen molar-refractivity contribution in [2.24, 2.45) is 0 Å². The van der Waals surface area contributed by atoms with Gasteiger partial charge in [0.25, 0.3) is 11.8 Å². The standard InChI is InChI=1S/C28H31N3O3/c1-20-11-12-25(16-26(20)30-28(33)24-9-4-3-5-10-24)27(32)29-17-22-7-6-8-23(15-22)19-31-13-14-34-21(2)18-31/h3-12,15-16,21H,13-14,17-19H2,1-2H3,(H,29,32)(H,30,33). The van der Waals surface area contributed by atoms with E-state index in [9.17, 15) is 9.59 Å². The van der Waals surface area contributed by atoms with Gasteiger partial charge in [0.05, 0.1) is 12.7 Å². The molecule has 3 aromatic rings. The van der Waals surface area contributed by atoms with Gasteiger partial charge >= 0.3 is 0 Å². The lowest BCUT2D eigenvalue weighted by molar-refractivity contribution is -0.0212. The molecule has 1 unspecified atom stereocenters. The molecule has 0 spiro atoms. The topological polar surface area (TPSA) is 70.7 Å². The van der Waals surface area contributed by atoms with Gasteiger partial charge in [-0.05, 0) is 54.8 Å². The maximum atomic E-state index is 12.8. The Morgan fingerprint density at radius 1 is 0.941 bits per heavy atom. The number of carbonyl (C=O) groups is 2. The minimum absolute atomic E-state index is 0.178. The molecule has 1 fully saturated rings. The molecule has 1 aliphatic rings. The number of hydrogen-bond donors (Lipinski definition) is 2. The van der Waals surface area contributed by atoms with Gasteiger partial charge in [0, 0.05) is 43.0 Å². The van der Waals surface area contributed by atoms with Crippen LogP contribution in [0.25, 0.3) is 0 Å². The second kappa shape index (κ2) is 11.1. The van der Waals surface area contributed by atoms with E-state index in [-0.39, 0.29) is 17.9 Å². The molecule has 0 bridgehead atoms. The van der Waals surface area contributed by atoms with Crippen LogP contribution in [0.4, 0.5) is 5.69 Å². The number of hydrogen-bond acceptors (Lipinski definition) is 4. The summed E-state index contributed by atoms with van der Waals surface area (Å²) >= 11 is 0. The molecule has 0 aliphatic carbocycles. The molecule has 1 saturated heterocycles. The highest BCUT2D eigenvalue weighted by Gasteiger charge is 2.17. The van der Waals surface area contributed by atoms with Crippen LogP contribution in [0.1, 0.15) is 44.3 Å². The van der Waals surface area contributed by atoms with E-state index in [4.69, 9.17) is 4.74 Å². The smallest absolute Gasteiger partial charge is 0.255 e. The molecule has 1 aliphatic heterocycles. The predicted molar refractivity (Wildman–Crippen MR) is 134 cm³/mol. The zero-order chi connectivity index (χ0) is 23.9. The summed E-state index contributed by atoms with van der Waals surface area (Å²) in [7, 11) is 0. The second-order valence-electron chi connectivity index (χ2n) is 8.77. The van der Waals surface area contributed by atoms with E-state index in [1.54, 1.807) is 24.3 Å². The van der Waals surface area contributed by atoms with E-state index < -0.39 is 0 Å². The number of carbonyl (C=O) groups excluding carboxylic acids is 2. The van der Waals surface area contributed by atoms with Crippen LogP contribution < -0.4 is 10.6 Å². The lowest BCUT2D eigenvalue weighted by atomic mass is 10.1. The largest absolute Gasteiger partial charge is 0.376 e. The van der Waals surface area contributed by atoms with Crippen molar-refractivity contribution in [1.82, 2.24) is 10.2 Å². The molecule has 3 aromatic carbocycles. The molecule has 6 heteroatoms. The van der Waals surface area contributed by atoms with Crippen molar-refractivity contribution in [3.05, 3.63) is 101 Å². The molecule has 0 aromatic heterocycles. The van der Waals surface area contributed by atoms with Gasteiger partial charge in [-0.2, -0.15) is 0 Å². The van der Waals surface area contributed by atoms with E-state index in [0.717, 1.165) is 37.4 Å². The number of nitrogens with zero attached hydrogens (tertiary/aromatic N) is 1. The average Bonchev–Trinajstić information content (AvgIpc) is 2.84. The fourth-order valence-corrected chi connectivity index (χ4v) is 4.10. The molecule has 1 heterocycles. The normalized spacial score (nSPS) is 16.1. The molecule has 176 valence electrons. The number of benzene rings is 3. The minimum atomic E-state index is -0.201. The van der Waals surface area contributed by atoms with E-state index in [2.05, 4.69) is 34.6 Å². The molecule has 4 rings (SSSR count). The fraction of sp³-hybridized carbons (Fsp3) is 0.286. The summed E-state index contributed by atoms with van der Waals surface area (Å²) in [5, 5.41) is 5.91. The Morgan fingerprint density at radius 3 is 2.53 bits per heavy atom. The Kier molecular flexibility index (Phi) is 7.72. The summed E-state index contributed by atoms with van der Waals surface area (Å²) in [5.74, 6) is -0.379. The molecule has 1 atom stereocenters. The summed E-state index contributed by atoms with van der Waals surface area (Å²) in [4.78, 5) is 27.8. The summed E-state index contributed by atoms with van der Waals surface area (Å²) < 4.78 is 5.62. The lowest BCUT2D eigenvalue weighted by Crippen LogP contribution is -2.40. The highest BCUT2D eigenvalue weighted by molar-refractivity contribution is 6.05. The van der Waals surface area contributed by atoms with Crippen LogP contribution in [-0.4, -0.2) is 42.5 Å². The van der Waals surface area contributed by atoms with Crippen LogP contribution in [0, 0.1) is 6.92 Å². The Balaban J connectivity index is 1.37. The number of amides is 2. The van der Waals surface area contributed by atoms with E-state index >= 15 is 0 Å². The summed E-state index contributed by atoms with van der Waals surface area (Å²) in [6.07, 6.45) is 0.257. The van der Waals surface area contributed by atoms with Crippen LogP contribution in [0.15, 0.2) is 72.8 Å². The van der Waals surface area contributed by atoms with Crippen molar-refractivity contribution in [2.45, 2.75) is 33.0 Å². The molecule has 0 saturated carbocycles. The zero-order valence-electron chi connectivity index (χ0n) is 19.7. The third-order valence-electron chi connectivity index (χ3n) is 5.96. The highest BCUT2D eigenvalue weighted by Crippen LogP contribution is 2.19. The molecule has 0 radical (unpaired) electrons. The number of morpholine rings is 1. The van der Waals surface area contributed by atoms with E-state index in [0.29, 0.717) is 23.4 Å². The highest BCUT2D eigenvalue weighted by atomic mass is 16.5. The molecule has 2 amide bonds. The first-order valence-corrected chi connectivity index (χ1v) is 11.6. The number of aryl methyl sites for hydroxylation is 1. The number of rotatable bonds is 7. The van der Waals surface area contributed by atoms with Crippen molar-refractivity contribution in [3.8, 4) is 0 Å². The first kappa shape index (κ1) is 23.7. The van der Waals surface area contributed by atoms with E-state index in [1.165, 1.54) is 5.56 Å². The Bertz CT molecular complexity index is 1150. The molecule has 34 heavy (non-hydrogen) atoms. The lowest BCUT2D eigenvalue weighted by Gasteiger charge is -2.31. The van der Waals surface area contributed by atoms with Gasteiger partial charge in [-0.25, -0.2) is 0 Å². The van der Waals surface area contributed by atoms with E-state index in [1.807, 2.05) is 43.3 Å². The maximum absolute atomic E-state index is 12.8. The van der Waals surface area contributed by atoms with Crippen molar-refractivity contribution in [2.75, 3.05) is 25.0 Å². The minimum Gasteiger partial charge on any atom is -0.376 e. The van der Waals surface area contributed by atoms with Gasteiger partial charge in [0.1, 0.15) is 0 Å². The first-order valence-electron chi connectivity index (χ1n) is 11.6. The Labute approximate surface area is 200 Å². The molecular formula is C28H31N3O3. The average molecular weight is 458 g/mol. The fourth-order valence-electron chi connectivity index (χ4n) is 4.10. The van der Waals surface area contributed by atoms with Crippen molar-refractivity contribution < 1.29 is 14.3 Å². The zero-order valence-corrected chi connectivity index (χ0v) is 19.7. The second-order valence-corrected chi connectivity index (χ2v) is 8.77. The monoisotopic (exact) mass is 457 g/mol. The number of ether oxygens (including phenoxy) is 1. The van der Waals surface area contributed by atoms with Crippen molar-refractivity contribution in [1.29, 1.82) is 0 Å². The van der Waals surface area contributed by atoms with Crippen LogP contribution in [-0.2, 0) is 17.8 Å². The van der Waals surface area contributed by atoms with Crippen LogP contribution in [0.5, 0.6) is 0 Å². The maximum Gasteiger partial charge on any atom is 0.255 e. The van der Waals surface area contributed by atoms with Crippen molar-refractivity contribution >= 4 is 17.5 Å². The van der Waals surface area contributed by atoms with Gasteiger partial charge in [0.15, 0.2) is 0 Å². The van der Waals surface area contributed by atoms with Crippen LogP contribution in [0.2, 0.25) is 0 Å². The predicted octanol–water partition coefficient (Wildman–Crippen LogP) is 4.40. The SMILES string of the molecule is Cc1ccc(C(=O)NCc2cccc(CN3CCOC(C)C3)c2)cc1NC(=O)c1ccccc1.